The molecule has 0 saturated heterocycles. The van der Waals surface area contributed by atoms with Crippen molar-refractivity contribution in [2.75, 3.05) is 5.75 Å². The topological polar surface area (TPSA) is 17.1 Å². The van der Waals surface area contributed by atoms with Gasteiger partial charge in [0.15, 0.2) is 11.3 Å². The third-order valence-corrected chi connectivity index (χ3v) is 2.70. The summed E-state index contributed by atoms with van der Waals surface area (Å²) >= 11 is 0.588. The average Bonchev–Trinajstić information content (AvgIpc) is 2.11. The van der Waals surface area contributed by atoms with Gasteiger partial charge in [-0.2, -0.15) is 13.2 Å². The first-order valence-electron chi connectivity index (χ1n) is 4.82. The number of thioether (sulfide) groups is 1. The zero-order valence-corrected chi connectivity index (χ0v) is 10.1. The minimum absolute atomic E-state index is 0.265. The molecule has 0 fully saturated rings. The highest BCUT2D eigenvalue weighted by Gasteiger charge is 2.52. The number of hydrogen-bond donors (Lipinski definition) is 0. The summed E-state index contributed by atoms with van der Waals surface area (Å²) in [6.07, 6.45) is -15.0. The van der Waals surface area contributed by atoms with Crippen LogP contribution in [0.25, 0.3) is 0 Å². The van der Waals surface area contributed by atoms with Gasteiger partial charge in [-0.1, -0.05) is 11.8 Å². The van der Waals surface area contributed by atoms with Gasteiger partial charge >= 0.3 is 6.18 Å². The fourth-order valence-corrected chi connectivity index (χ4v) is 1.72. The lowest BCUT2D eigenvalue weighted by Gasteiger charge is -2.24. The van der Waals surface area contributed by atoms with Crippen molar-refractivity contribution in [3.63, 3.8) is 0 Å². The van der Waals surface area contributed by atoms with Gasteiger partial charge in [-0.3, -0.25) is 4.79 Å². The Bertz CT molecular complexity index is 279. The smallest absolute Gasteiger partial charge is 0.288 e. The molecule has 1 nitrogen and oxygen atoms in total. The van der Waals surface area contributed by atoms with Crippen LogP contribution in [0.2, 0.25) is 0 Å². The first-order chi connectivity index (χ1) is 7.96. The Balaban J connectivity index is 4.34. The third kappa shape index (κ3) is 7.07. The Morgan fingerprint density at radius 2 is 1.67 bits per heavy atom. The van der Waals surface area contributed by atoms with Gasteiger partial charge in [-0.15, -0.1) is 0 Å². The van der Waals surface area contributed by atoms with Crippen LogP contribution in [-0.4, -0.2) is 35.3 Å². The van der Waals surface area contributed by atoms with E-state index in [2.05, 4.69) is 0 Å². The van der Waals surface area contributed by atoms with Crippen molar-refractivity contribution in [3.8, 4) is 0 Å². The Morgan fingerprint density at radius 1 is 1.17 bits per heavy atom. The lowest BCUT2D eigenvalue weighted by molar-refractivity contribution is -0.211. The summed E-state index contributed by atoms with van der Waals surface area (Å²) < 4.78 is 86.5. The second-order valence-electron chi connectivity index (χ2n) is 3.60. The van der Waals surface area contributed by atoms with Gasteiger partial charge in [0.2, 0.25) is 0 Å². The molecule has 0 saturated carbocycles. The highest BCUT2D eigenvalue weighted by molar-refractivity contribution is 8.13. The van der Waals surface area contributed by atoms with E-state index in [9.17, 15) is 35.5 Å². The van der Waals surface area contributed by atoms with E-state index in [4.69, 9.17) is 0 Å². The maximum Gasteiger partial charge on any atom is 0.394 e. The van der Waals surface area contributed by atoms with Gasteiger partial charge in [0, 0.05) is 12.7 Å². The van der Waals surface area contributed by atoms with Gasteiger partial charge in [0.25, 0.3) is 5.92 Å². The molecule has 0 N–H and O–H groups in total. The summed E-state index contributed by atoms with van der Waals surface area (Å²) in [6.45, 7) is 1.14. The molecule has 2 unspecified atom stereocenters. The first-order valence-corrected chi connectivity index (χ1v) is 5.80. The van der Waals surface area contributed by atoms with E-state index in [1.54, 1.807) is 0 Å². The quantitative estimate of drug-likeness (QED) is 0.692. The summed E-state index contributed by atoms with van der Waals surface area (Å²) in [6, 6.07) is 0. The molecule has 0 spiro atoms. The molecule has 2 atom stereocenters. The van der Waals surface area contributed by atoms with Crippen LogP contribution >= 0.6 is 11.8 Å². The van der Waals surface area contributed by atoms with E-state index in [1.807, 2.05) is 0 Å². The molecular formula is C9H11F7OS. The second kappa shape index (κ2) is 6.63. The normalized spacial score (nSPS) is 16.4. The molecule has 0 aromatic rings. The van der Waals surface area contributed by atoms with Crippen molar-refractivity contribution in [2.24, 2.45) is 0 Å². The van der Waals surface area contributed by atoms with E-state index in [1.165, 1.54) is 0 Å². The monoisotopic (exact) mass is 300 g/mol. The van der Waals surface area contributed by atoms with Gasteiger partial charge in [-0.25, -0.2) is 17.6 Å². The average molecular weight is 300 g/mol. The second-order valence-corrected chi connectivity index (χ2v) is 4.87. The molecule has 0 amide bonds. The molecule has 0 aliphatic rings. The SMILES string of the molecule is CC(=O)SCCC(F)C(F)C(F)(F)CC(F)(F)F. The van der Waals surface area contributed by atoms with Crippen LogP contribution in [0.4, 0.5) is 30.7 Å². The lowest BCUT2D eigenvalue weighted by atomic mass is 10.0. The van der Waals surface area contributed by atoms with Crippen LogP contribution in [0, 0.1) is 0 Å². The van der Waals surface area contributed by atoms with E-state index in [0.29, 0.717) is 11.8 Å². The molecular weight excluding hydrogens is 289 g/mol. The Morgan fingerprint density at radius 3 is 2.06 bits per heavy atom. The largest absolute Gasteiger partial charge is 0.394 e. The molecule has 0 heterocycles. The van der Waals surface area contributed by atoms with Crippen LogP contribution in [0.3, 0.4) is 0 Å². The maximum atomic E-state index is 13.0. The Kier molecular flexibility index (Phi) is 6.45. The summed E-state index contributed by atoms with van der Waals surface area (Å²) in [5, 5.41) is -0.417. The van der Waals surface area contributed by atoms with Crippen molar-refractivity contribution in [2.45, 2.75) is 44.2 Å². The number of carbonyl (C=O) groups excluding carboxylic acids is 1. The summed E-state index contributed by atoms with van der Waals surface area (Å²) in [7, 11) is 0. The van der Waals surface area contributed by atoms with Crippen molar-refractivity contribution >= 4 is 16.9 Å². The molecule has 108 valence electrons. The summed E-state index contributed by atoms with van der Waals surface area (Å²) in [5.74, 6) is -5.07. The van der Waals surface area contributed by atoms with Crippen LogP contribution < -0.4 is 0 Å². The zero-order chi connectivity index (χ0) is 14.6. The number of hydrogen-bond acceptors (Lipinski definition) is 2. The Labute approximate surface area is 103 Å². The number of carbonyl (C=O) groups is 1. The summed E-state index contributed by atoms with van der Waals surface area (Å²) in [4.78, 5) is 10.4. The molecule has 0 aromatic heterocycles. The van der Waals surface area contributed by atoms with Crippen LogP contribution in [0.1, 0.15) is 19.8 Å². The number of halogens is 7. The fraction of sp³-hybridized carbons (Fsp3) is 0.889. The predicted molar refractivity (Wildman–Crippen MR) is 53.2 cm³/mol. The molecule has 0 aromatic carbocycles. The van der Waals surface area contributed by atoms with Crippen molar-refractivity contribution in [1.82, 2.24) is 0 Å². The fourth-order valence-electron chi connectivity index (χ4n) is 1.09. The van der Waals surface area contributed by atoms with E-state index < -0.39 is 42.4 Å². The van der Waals surface area contributed by atoms with Gasteiger partial charge in [0.05, 0.1) is 0 Å². The van der Waals surface area contributed by atoms with Crippen LogP contribution in [-0.2, 0) is 4.79 Å². The predicted octanol–water partition coefficient (Wildman–Crippen LogP) is 3.92. The van der Waals surface area contributed by atoms with E-state index in [0.717, 1.165) is 6.92 Å². The molecule has 0 rings (SSSR count). The molecule has 0 aliphatic carbocycles. The van der Waals surface area contributed by atoms with Crippen molar-refractivity contribution < 1.29 is 35.5 Å². The van der Waals surface area contributed by atoms with Gasteiger partial charge in [-0.05, 0) is 6.42 Å². The zero-order valence-electron chi connectivity index (χ0n) is 9.24. The van der Waals surface area contributed by atoms with Crippen molar-refractivity contribution in [1.29, 1.82) is 0 Å². The van der Waals surface area contributed by atoms with E-state index >= 15 is 0 Å². The minimum atomic E-state index is -5.28. The molecule has 0 aliphatic heterocycles. The minimum Gasteiger partial charge on any atom is -0.288 e. The molecule has 9 heteroatoms. The number of rotatable bonds is 6. The highest BCUT2D eigenvalue weighted by Crippen LogP contribution is 2.37. The standard InChI is InChI=1S/C9H11F7OS/c1-5(17)18-3-2-6(10)7(11)8(12,13)4-9(14,15)16/h6-7H,2-4H2,1H3. The maximum absolute atomic E-state index is 13.0. The Hall–Kier alpha value is -0.470. The van der Waals surface area contributed by atoms with Crippen LogP contribution in [0.5, 0.6) is 0 Å². The van der Waals surface area contributed by atoms with Crippen LogP contribution in [0.15, 0.2) is 0 Å². The molecule has 0 bridgehead atoms. The first kappa shape index (κ1) is 17.5. The third-order valence-electron chi connectivity index (χ3n) is 1.86. The summed E-state index contributed by atoms with van der Waals surface area (Å²) in [5.41, 5.74) is 0. The molecule has 18 heavy (non-hydrogen) atoms. The molecule has 0 radical (unpaired) electrons. The van der Waals surface area contributed by atoms with Crippen molar-refractivity contribution in [3.05, 3.63) is 0 Å². The highest BCUT2D eigenvalue weighted by atomic mass is 32.2. The van der Waals surface area contributed by atoms with Gasteiger partial charge < -0.3 is 0 Å². The lowest BCUT2D eigenvalue weighted by Crippen LogP contribution is -2.41. The van der Waals surface area contributed by atoms with E-state index in [-0.39, 0.29) is 5.75 Å². The number of alkyl halides is 7. The van der Waals surface area contributed by atoms with Gasteiger partial charge in [0.1, 0.15) is 12.6 Å².